The van der Waals surface area contributed by atoms with Crippen LogP contribution in [0.3, 0.4) is 0 Å². The fourth-order valence-corrected chi connectivity index (χ4v) is 6.13. The molecule has 4 rings (SSSR count). The van der Waals surface area contributed by atoms with Gasteiger partial charge in [0.15, 0.2) is 11.5 Å². The first kappa shape index (κ1) is 16.0. The van der Waals surface area contributed by atoms with Gasteiger partial charge in [0.2, 0.25) is 0 Å². The number of ketones is 1. The van der Waals surface area contributed by atoms with Crippen molar-refractivity contribution in [2.75, 3.05) is 6.61 Å². The molecule has 0 aliphatic heterocycles. The Balaban J connectivity index is 1.65. The maximum absolute atomic E-state index is 11.2. The maximum Gasteiger partial charge on any atom is 0.193 e. The van der Waals surface area contributed by atoms with E-state index in [1.807, 2.05) is 0 Å². The highest BCUT2D eigenvalue weighted by molar-refractivity contribution is 5.90. The molecular weight excluding hydrogens is 276 g/mol. The molecule has 4 fully saturated rings. The third kappa shape index (κ3) is 2.84. The van der Waals surface area contributed by atoms with E-state index in [2.05, 4.69) is 13.5 Å². The molecule has 0 aromatic rings. The summed E-state index contributed by atoms with van der Waals surface area (Å²) in [5.74, 6) is 2.24. The minimum absolute atomic E-state index is 0.0860. The maximum atomic E-state index is 11.2. The highest BCUT2D eigenvalue weighted by Crippen LogP contribution is 2.65. The molecule has 3 nitrogen and oxygen atoms in total. The van der Waals surface area contributed by atoms with Crippen molar-refractivity contribution in [3.63, 3.8) is 0 Å². The van der Waals surface area contributed by atoms with E-state index in [9.17, 15) is 9.90 Å². The Morgan fingerprint density at radius 2 is 1.95 bits per heavy atom. The van der Waals surface area contributed by atoms with Crippen molar-refractivity contribution in [2.45, 2.75) is 70.8 Å². The number of aliphatic hydroxyl groups is 1. The topological polar surface area (TPSA) is 46.5 Å². The molecule has 124 valence electrons. The van der Waals surface area contributed by atoms with E-state index in [0.717, 1.165) is 43.9 Å². The predicted molar refractivity (Wildman–Crippen MR) is 86.2 cm³/mol. The van der Waals surface area contributed by atoms with Gasteiger partial charge in [-0.05, 0) is 68.1 Å². The molecular formula is C19H30O3. The van der Waals surface area contributed by atoms with Crippen LogP contribution in [-0.4, -0.2) is 23.1 Å². The summed E-state index contributed by atoms with van der Waals surface area (Å²) in [7, 11) is 0. The lowest BCUT2D eigenvalue weighted by Gasteiger charge is -2.62. The standard InChI is InChI=1S/C19H30O3/c1-4-17(5-6-22-14(3)13(2)20)18-8-15-7-16(9-18)11-19(21,10-15)12-18/h15-17,21H,3-12H2,1-2H3. The molecule has 0 spiro atoms. The summed E-state index contributed by atoms with van der Waals surface area (Å²) in [6, 6.07) is 0. The quantitative estimate of drug-likeness (QED) is 0.574. The summed E-state index contributed by atoms with van der Waals surface area (Å²) in [6.45, 7) is 8.00. The average Bonchev–Trinajstić information content (AvgIpc) is 2.40. The van der Waals surface area contributed by atoms with Crippen LogP contribution in [0.5, 0.6) is 0 Å². The normalized spacial score (nSPS) is 40.5. The molecule has 0 saturated heterocycles. The monoisotopic (exact) mass is 306 g/mol. The van der Waals surface area contributed by atoms with E-state index in [1.165, 1.54) is 26.2 Å². The fourth-order valence-electron chi connectivity index (χ4n) is 6.13. The number of ether oxygens (including phenoxy) is 1. The number of allylic oxidation sites excluding steroid dienone is 1. The summed E-state index contributed by atoms with van der Waals surface area (Å²) in [5, 5.41) is 10.9. The minimum Gasteiger partial charge on any atom is -0.490 e. The van der Waals surface area contributed by atoms with Gasteiger partial charge in [-0.3, -0.25) is 4.79 Å². The van der Waals surface area contributed by atoms with Crippen LogP contribution in [0.1, 0.15) is 65.2 Å². The van der Waals surface area contributed by atoms with E-state index in [-0.39, 0.29) is 17.1 Å². The van der Waals surface area contributed by atoms with Crippen molar-refractivity contribution in [1.82, 2.24) is 0 Å². The number of carbonyl (C=O) groups is 1. The van der Waals surface area contributed by atoms with Crippen LogP contribution in [0.15, 0.2) is 12.3 Å². The zero-order valence-corrected chi connectivity index (χ0v) is 14.1. The molecule has 4 bridgehead atoms. The first-order valence-corrected chi connectivity index (χ1v) is 8.91. The smallest absolute Gasteiger partial charge is 0.193 e. The summed E-state index contributed by atoms with van der Waals surface area (Å²) in [5.41, 5.74) is -0.0736. The minimum atomic E-state index is -0.388. The van der Waals surface area contributed by atoms with Gasteiger partial charge in [0, 0.05) is 6.92 Å². The molecule has 3 atom stereocenters. The highest BCUT2D eigenvalue weighted by atomic mass is 16.5. The van der Waals surface area contributed by atoms with E-state index < -0.39 is 0 Å². The number of hydrogen-bond donors (Lipinski definition) is 1. The van der Waals surface area contributed by atoms with Gasteiger partial charge >= 0.3 is 0 Å². The van der Waals surface area contributed by atoms with Crippen LogP contribution >= 0.6 is 0 Å². The Kier molecular flexibility index (Phi) is 4.13. The van der Waals surface area contributed by atoms with Crippen LogP contribution in [0.4, 0.5) is 0 Å². The Hall–Kier alpha value is -0.830. The molecule has 1 N–H and O–H groups in total. The zero-order valence-electron chi connectivity index (χ0n) is 14.1. The summed E-state index contributed by atoms with van der Waals surface area (Å²) < 4.78 is 5.52. The van der Waals surface area contributed by atoms with Gasteiger partial charge in [0.05, 0.1) is 12.2 Å². The number of rotatable bonds is 7. The molecule has 22 heavy (non-hydrogen) atoms. The lowest BCUT2D eigenvalue weighted by atomic mass is 9.44. The lowest BCUT2D eigenvalue weighted by molar-refractivity contribution is -0.183. The molecule has 3 heteroatoms. The number of hydrogen-bond acceptors (Lipinski definition) is 3. The lowest BCUT2D eigenvalue weighted by Crippen LogP contribution is -2.57. The van der Waals surface area contributed by atoms with E-state index in [4.69, 9.17) is 4.74 Å². The van der Waals surface area contributed by atoms with Crippen molar-refractivity contribution >= 4 is 5.78 Å². The highest BCUT2D eigenvalue weighted by Gasteiger charge is 2.58. The van der Waals surface area contributed by atoms with Crippen LogP contribution in [0, 0.1) is 23.2 Å². The van der Waals surface area contributed by atoms with Crippen LogP contribution in [0.25, 0.3) is 0 Å². The molecule has 3 unspecified atom stereocenters. The number of Topliss-reactive ketones (excluding diaryl/α,β-unsaturated/α-hetero) is 1. The Bertz CT molecular complexity index is 453. The Labute approximate surface area is 134 Å². The Morgan fingerprint density at radius 3 is 2.45 bits per heavy atom. The molecule has 0 amide bonds. The third-order valence-electron chi connectivity index (χ3n) is 6.57. The van der Waals surface area contributed by atoms with Crippen molar-refractivity contribution in [1.29, 1.82) is 0 Å². The molecule has 0 heterocycles. The van der Waals surface area contributed by atoms with Gasteiger partial charge in [-0.25, -0.2) is 0 Å². The van der Waals surface area contributed by atoms with Crippen LogP contribution < -0.4 is 0 Å². The van der Waals surface area contributed by atoms with Gasteiger partial charge in [0.1, 0.15) is 0 Å². The van der Waals surface area contributed by atoms with Gasteiger partial charge < -0.3 is 9.84 Å². The predicted octanol–water partition coefficient (Wildman–Crippen LogP) is 3.85. The molecule has 4 aliphatic rings. The fraction of sp³-hybridized carbons (Fsp3) is 0.842. The van der Waals surface area contributed by atoms with Gasteiger partial charge in [-0.2, -0.15) is 0 Å². The molecule has 0 aromatic heterocycles. The molecule has 4 saturated carbocycles. The average molecular weight is 306 g/mol. The van der Waals surface area contributed by atoms with Crippen molar-refractivity contribution in [3.8, 4) is 0 Å². The van der Waals surface area contributed by atoms with Crippen molar-refractivity contribution in [3.05, 3.63) is 12.3 Å². The first-order chi connectivity index (χ1) is 10.4. The SMILES string of the molecule is C=C(OCCC(CC)C12CC3CC(CC(O)(C3)C1)C2)C(C)=O. The van der Waals surface area contributed by atoms with Crippen LogP contribution in [-0.2, 0) is 9.53 Å². The first-order valence-electron chi connectivity index (χ1n) is 8.91. The van der Waals surface area contributed by atoms with E-state index in [1.54, 1.807) is 0 Å². The van der Waals surface area contributed by atoms with E-state index >= 15 is 0 Å². The second-order valence-corrected chi connectivity index (χ2v) is 8.27. The summed E-state index contributed by atoms with van der Waals surface area (Å²) in [4.78, 5) is 11.2. The zero-order chi connectivity index (χ0) is 16.0. The second kappa shape index (κ2) is 5.67. The molecule has 4 aliphatic carbocycles. The van der Waals surface area contributed by atoms with Crippen molar-refractivity contribution in [2.24, 2.45) is 23.2 Å². The summed E-state index contributed by atoms with van der Waals surface area (Å²) in [6.07, 6.45) is 9.05. The summed E-state index contributed by atoms with van der Waals surface area (Å²) >= 11 is 0. The number of carbonyl (C=O) groups excluding carboxylic acids is 1. The van der Waals surface area contributed by atoms with Gasteiger partial charge in [0.25, 0.3) is 0 Å². The van der Waals surface area contributed by atoms with Crippen molar-refractivity contribution < 1.29 is 14.6 Å². The van der Waals surface area contributed by atoms with Crippen LogP contribution in [0.2, 0.25) is 0 Å². The van der Waals surface area contributed by atoms with Gasteiger partial charge in [-0.15, -0.1) is 0 Å². The second-order valence-electron chi connectivity index (χ2n) is 8.27. The molecule has 0 radical (unpaired) electrons. The van der Waals surface area contributed by atoms with Gasteiger partial charge in [-0.1, -0.05) is 19.9 Å². The molecule has 0 aromatic carbocycles. The van der Waals surface area contributed by atoms with E-state index in [0.29, 0.717) is 17.9 Å². The third-order valence-corrected chi connectivity index (χ3v) is 6.57. The largest absolute Gasteiger partial charge is 0.490 e. The Morgan fingerprint density at radius 1 is 1.32 bits per heavy atom.